The van der Waals surface area contributed by atoms with Crippen molar-refractivity contribution in [3.63, 3.8) is 0 Å². The normalized spacial score (nSPS) is 28.6. The van der Waals surface area contributed by atoms with Crippen LogP contribution in [-0.2, 0) is 4.79 Å². The molecule has 0 aromatic heterocycles. The van der Waals surface area contributed by atoms with Crippen LogP contribution in [0.1, 0.15) is 40.0 Å². The van der Waals surface area contributed by atoms with Crippen molar-refractivity contribution >= 4 is 5.91 Å². The molecular formula is C11H18N2O. The van der Waals surface area contributed by atoms with Gasteiger partial charge in [0.1, 0.15) is 5.92 Å². The lowest BCUT2D eigenvalue weighted by Gasteiger charge is -2.28. The molecule has 3 heteroatoms. The van der Waals surface area contributed by atoms with Gasteiger partial charge in [-0.2, -0.15) is 5.26 Å². The number of nitriles is 1. The number of nitrogens with zero attached hydrogens (tertiary/aromatic N) is 2. The lowest BCUT2D eigenvalue weighted by molar-refractivity contribution is -0.136. The molecule has 0 aliphatic carbocycles. The molecule has 0 radical (unpaired) electrons. The lowest BCUT2D eigenvalue weighted by atomic mass is 10.1. The topological polar surface area (TPSA) is 44.1 Å². The van der Waals surface area contributed by atoms with E-state index in [2.05, 4.69) is 13.8 Å². The molecule has 14 heavy (non-hydrogen) atoms. The van der Waals surface area contributed by atoms with Gasteiger partial charge in [-0.25, -0.2) is 0 Å². The van der Waals surface area contributed by atoms with Crippen LogP contribution >= 0.6 is 0 Å². The Morgan fingerprint density at radius 3 is 2.79 bits per heavy atom. The van der Waals surface area contributed by atoms with E-state index in [1.165, 1.54) is 0 Å². The molecule has 0 saturated carbocycles. The number of hydrogen-bond donors (Lipinski definition) is 0. The SMILES string of the molecule is CCC1CCC(C)N1C(=O)C(C)C#N. The van der Waals surface area contributed by atoms with Gasteiger partial charge >= 0.3 is 0 Å². The van der Waals surface area contributed by atoms with Gasteiger partial charge in [-0.15, -0.1) is 0 Å². The summed E-state index contributed by atoms with van der Waals surface area (Å²) in [4.78, 5) is 13.8. The lowest BCUT2D eigenvalue weighted by Crippen LogP contribution is -2.42. The van der Waals surface area contributed by atoms with Gasteiger partial charge in [0, 0.05) is 12.1 Å². The number of amides is 1. The molecule has 78 valence electrons. The minimum absolute atomic E-state index is 0.00403. The fourth-order valence-electron chi connectivity index (χ4n) is 2.15. The standard InChI is InChI=1S/C11H18N2O/c1-4-10-6-5-9(3)13(10)11(14)8(2)7-12/h8-10H,4-6H2,1-3H3. The van der Waals surface area contributed by atoms with Gasteiger partial charge in [0.05, 0.1) is 6.07 Å². The highest BCUT2D eigenvalue weighted by Crippen LogP contribution is 2.27. The van der Waals surface area contributed by atoms with Gasteiger partial charge in [0.25, 0.3) is 0 Å². The van der Waals surface area contributed by atoms with Crippen LogP contribution in [0.4, 0.5) is 0 Å². The molecule has 1 saturated heterocycles. The van der Waals surface area contributed by atoms with Gasteiger partial charge in [-0.05, 0) is 33.1 Å². The Kier molecular flexibility index (Phi) is 3.51. The van der Waals surface area contributed by atoms with Gasteiger partial charge in [0.2, 0.25) is 5.91 Å². The van der Waals surface area contributed by atoms with Crippen LogP contribution < -0.4 is 0 Å². The molecule has 1 heterocycles. The summed E-state index contributed by atoms with van der Waals surface area (Å²) in [7, 11) is 0. The summed E-state index contributed by atoms with van der Waals surface area (Å²) in [5.74, 6) is -0.492. The molecule has 3 unspecified atom stereocenters. The third-order valence-electron chi connectivity index (χ3n) is 3.08. The zero-order valence-electron chi connectivity index (χ0n) is 9.16. The summed E-state index contributed by atoms with van der Waals surface area (Å²) in [6.07, 6.45) is 3.15. The van der Waals surface area contributed by atoms with Crippen molar-refractivity contribution < 1.29 is 4.79 Å². The first kappa shape index (κ1) is 11.0. The summed E-state index contributed by atoms with van der Waals surface area (Å²) in [6.45, 7) is 5.85. The minimum atomic E-state index is -0.496. The molecule has 0 spiro atoms. The van der Waals surface area contributed by atoms with E-state index in [1.807, 2.05) is 11.0 Å². The first-order chi connectivity index (χ1) is 6.61. The molecule has 1 aliphatic heterocycles. The van der Waals surface area contributed by atoms with E-state index in [-0.39, 0.29) is 5.91 Å². The van der Waals surface area contributed by atoms with Gasteiger partial charge < -0.3 is 4.90 Å². The van der Waals surface area contributed by atoms with E-state index >= 15 is 0 Å². The molecule has 3 atom stereocenters. The number of carbonyl (C=O) groups excluding carboxylic acids is 1. The monoisotopic (exact) mass is 194 g/mol. The predicted molar refractivity (Wildman–Crippen MR) is 54.4 cm³/mol. The Labute approximate surface area is 85.7 Å². The number of hydrogen-bond acceptors (Lipinski definition) is 2. The van der Waals surface area contributed by atoms with E-state index in [9.17, 15) is 4.79 Å². The van der Waals surface area contributed by atoms with Crippen molar-refractivity contribution in [1.29, 1.82) is 5.26 Å². The Morgan fingerprint density at radius 1 is 1.64 bits per heavy atom. The summed E-state index contributed by atoms with van der Waals surface area (Å²) >= 11 is 0. The molecule has 0 aromatic rings. The van der Waals surface area contributed by atoms with Crippen molar-refractivity contribution in [3.05, 3.63) is 0 Å². The molecule has 1 rings (SSSR count). The van der Waals surface area contributed by atoms with Crippen LogP contribution in [0.5, 0.6) is 0 Å². The molecule has 3 nitrogen and oxygen atoms in total. The van der Waals surface area contributed by atoms with Crippen LogP contribution in [0.3, 0.4) is 0 Å². The first-order valence-corrected chi connectivity index (χ1v) is 5.33. The molecular weight excluding hydrogens is 176 g/mol. The van der Waals surface area contributed by atoms with Crippen LogP contribution in [0.2, 0.25) is 0 Å². The Balaban J connectivity index is 2.74. The van der Waals surface area contributed by atoms with E-state index in [0.717, 1.165) is 19.3 Å². The molecule has 1 aliphatic rings. The second-order valence-electron chi connectivity index (χ2n) is 4.08. The third-order valence-corrected chi connectivity index (χ3v) is 3.08. The van der Waals surface area contributed by atoms with E-state index in [0.29, 0.717) is 12.1 Å². The van der Waals surface area contributed by atoms with Crippen LogP contribution in [0, 0.1) is 17.2 Å². The molecule has 0 aromatic carbocycles. The highest BCUT2D eigenvalue weighted by Gasteiger charge is 2.34. The minimum Gasteiger partial charge on any atom is -0.336 e. The van der Waals surface area contributed by atoms with Crippen molar-refractivity contribution in [2.24, 2.45) is 5.92 Å². The van der Waals surface area contributed by atoms with Crippen molar-refractivity contribution in [2.45, 2.75) is 52.1 Å². The molecule has 1 fully saturated rings. The third kappa shape index (κ3) is 1.89. The van der Waals surface area contributed by atoms with E-state index < -0.39 is 5.92 Å². The van der Waals surface area contributed by atoms with Crippen molar-refractivity contribution in [2.75, 3.05) is 0 Å². The maximum Gasteiger partial charge on any atom is 0.240 e. The molecule has 1 amide bonds. The molecule has 0 bridgehead atoms. The summed E-state index contributed by atoms with van der Waals surface area (Å²) < 4.78 is 0. The summed E-state index contributed by atoms with van der Waals surface area (Å²) in [5.41, 5.74) is 0. The van der Waals surface area contributed by atoms with Gasteiger partial charge in [0.15, 0.2) is 0 Å². The summed E-state index contributed by atoms with van der Waals surface area (Å²) in [5, 5.41) is 8.71. The highest BCUT2D eigenvalue weighted by molar-refractivity contribution is 5.81. The Hall–Kier alpha value is -1.04. The quantitative estimate of drug-likeness (QED) is 0.674. The maximum absolute atomic E-state index is 11.9. The average molecular weight is 194 g/mol. The summed E-state index contributed by atoms with van der Waals surface area (Å²) in [6, 6.07) is 2.68. The fraction of sp³-hybridized carbons (Fsp3) is 0.818. The average Bonchev–Trinajstić information content (AvgIpc) is 2.57. The van der Waals surface area contributed by atoms with Crippen LogP contribution in [0.25, 0.3) is 0 Å². The highest BCUT2D eigenvalue weighted by atomic mass is 16.2. The number of likely N-dealkylation sites (tertiary alicyclic amines) is 1. The zero-order chi connectivity index (χ0) is 10.7. The van der Waals surface area contributed by atoms with E-state index in [4.69, 9.17) is 5.26 Å². The second-order valence-corrected chi connectivity index (χ2v) is 4.08. The second kappa shape index (κ2) is 4.45. The Morgan fingerprint density at radius 2 is 2.29 bits per heavy atom. The van der Waals surface area contributed by atoms with E-state index in [1.54, 1.807) is 6.92 Å². The van der Waals surface area contributed by atoms with Crippen LogP contribution in [-0.4, -0.2) is 22.9 Å². The van der Waals surface area contributed by atoms with Gasteiger partial charge in [-0.3, -0.25) is 4.79 Å². The van der Waals surface area contributed by atoms with Crippen LogP contribution in [0.15, 0.2) is 0 Å². The first-order valence-electron chi connectivity index (χ1n) is 5.33. The predicted octanol–water partition coefficient (Wildman–Crippen LogP) is 1.94. The number of carbonyl (C=O) groups is 1. The maximum atomic E-state index is 11.9. The van der Waals surface area contributed by atoms with Crippen molar-refractivity contribution in [3.8, 4) is 6.07 Å². The largest absolute Gasteiger partial charge is 0.336 e. The number of rotatable bonds is 2. The zero-order valence-corrected chi connectivity index (χ0v) is 9.16. The van der Waals surface area contributed by atoms with Crippen molar-refractivity contribution in [1.82, 2.24) is 4.90 Å². The Bertz CT molecular complexity index is 257. The molecule has 0 N–H and O–H groups in total. The van der Waals surface area contributed by atoms with Gasteiger partial charge in [-0.1, -0.05) is 6.92 Å². The smallest absolute Gasteiger partial charge is 0.240 e. The fourth-order valence-corrected chi connectivity index (χ4v) is 2.15.